The largest absolute Gasteiger partial charge is 0.467 e. The lowest BCUT2D eigenvalue weighted by molar-refractivity contribution is -0.0180. The van der Waals surface area contributed by atoms with E-state index in [9.17, 15) is 9.18 Å². The zero-order valence-electron chi connectivity index (χ0n) is 13.9. The summed E-state index contributed by atoms with van der Waals surface area (Å²) in [5.74, 6) is -0.253. The van der Waals surface area contributed by atoms with Crippen LogP contribution in [0.4, 0.5) is 4.39 Å². The number of carbonyl (C=O) groups excluding carboxylic acids is 1. The highest BCUT2D eigenvalue weighted by molar-refractivity contribution is 7.13. The predicted molar refractivity (Wildman–Crippen MR) is 98.4 cm³/mol. The molecule has 5 nitrogen and oxygen atoms in total. The number of rotatable bonds is 4. The van der Waals surface area contributed by atoms with Gasteiger partial charge in [-0.25, -0.2) is 14.2 Å². The summed E-state index contributed by atoms with van der Waals surface area (Å²) in [5.41, 5.74) is 2.41. The van der Waals surface area contributed by atoms with Crippen LogP contribution in [0.3, 0.4) is 0 Å². The maximum Gasteiger partial charge on any atom is 0.358 e. The molecular formula is C19H13ClFNO4S. The SMILES string of the molecule is O=C(OCc1cc(Cl)cc2c1OCOC2)c1csc(-c2ccc(F)cc2)n1. The minimum Gasteiger partial charge on any atom is -0.467 e. The van der Waals surface area contributed by atoms with Gasteiger partial charge in [0.25, 0.3) is 0 Å². The van der Waals surface area contributed by atoms with Gasteiger partial charge in [-0.3, -0.25) is 0 Å². The van der Waals surface area contributed by atoms with Crippen molar-refractivity contribution in [3.8, 4) is 16.3 Å². The Kier molecular flexibility index (Phi) is 5.07. The summed E-state index contributed by atoms with van der Waals surface area (Å²) in [4.78, 5) is 16.6. The number of benzene rings is 2. The second-order valence-electron chi connectivity index (χ2n) is 5.78. The van der Waals surface area contributed by atoms with Gasteiger partial charge in [-0.1, -0.05) is 11.6 Å². The zero-order chi connectivity index (χ0) is 18.8. The van der Waals surface area contributed by atoms with E-state index in [1.807, 2.05) is 0 Å². The predicted octanol–water partition coefficient (Wildman–Crippen LogP) is 4.83. The number of halogens is 2. The van der Waals surface area contributed by atoms with E-state index in [1.54, 1.807) is 29.6 Å². The Morgan fingerprint density at radius 3 is 2.93 bits per heavy atom. The van der Waals surface area contributed by atoms with Gasteiger partial charge < -0.3 is 14.2 Å². The molecule has 0 atom stereocenters. The summed E-state index contributed by atoms with van der Waals surface area (Å²) >= 11 is 7.39. The van der Waals surface area contributed by atoms with E-state index in [0.29, 0.717) is 28.0 Å². The Labute approximate surface area is 163 Å². The van der Waals surface area contributed by atoms with E-state index in [4.69, 9.17) is 25.8 Å². The fourth-order valence-electron chi connectivity index (χ4n) is 2.67. The maximum absolute atomic E-state index is 13.0. The lowest BCUT2D eigenvalue weighted by Crippen LogP contribution is -2.14. The Hall–Kier alpha value is -2.48. The first-order valence-electron chi connectivity index (χ1n) is 8.00. The molecule has 0 radical (unpaired) electrons. The van der Waals surface area contributed by atoms with Gasteiger partial charge in [-0.2, -0.15) is 0 Å². The van der Waals surface area contributed by atoms with Gasteiger partial charge in [0, 0.05) is 27.1 Å². The third-order valence-electron chi connectivity index (χ3n) is 3.91. The van der Waals surface area contributed by atoms with Crippen LogP contribution in [0.2, 0.25) is 5.02 Å². The number of carbonyl (C=O) groups is 1. The number of ether oxygens (including phenoxy) is 3. The van der Waals surface area contributed by atoms with Crippen molar-refractivity contribution in [2.24, 2.45) is 0 Å². The molecule has 1 aromatic heterocycles. The number of thiazole rings is 1. The molecule has 0 spiro atoms. The first-order valence-corrected chi connectivity index (χ1v) is 9.26. The lowest BCUT2D eigenvalue weighted by Gasteiger charge is -2.20. The fourth-order valence-corrected chi connectivity index (χ4v) is 3.73. The standard InChI is InChI=1S/C19H13ClFNO4S/c20-14-5-12-7-24-10-26-17(12)13(6-14)8-25-19(23)16-9-27-18(22-16)11-1-3-15(21)4-2-11/h1-6,9H,7-8,10H2. The summed E-state index contributed by atoms with van der Waals surface area (Å²) < 4.78 is 29.1. The van der Waals surface area contributed by atoms with Crippen LogP contribution in [0.5, 0.6) is 5.75 Å². The van der Waals surface area contributed by atoms with Crippen molar-refractivity contribution in [3.05, 3.63) is 69.4 Å². The molecule has 27 heavy (non-hydrogen) atoms. The summed E-state index contributed by atoms with van der Waals surface area (Å²) in [5, 5.41) is 2.74. The van der Waals surface area contributed by atoms with Crippen LogP contribution in [-0.4, -0.2) is 17.7 Å². The second-order valence-corrected chi connectivity index (χ2v) is 7.08. The minimum atomic E-state index is -0.555. The van der Waals surface area contributed by atoms with Crippen LogP contribution in [0.15, 0.2) is 41.8 Å². The minimum absolute atomic E-state index is 0.00509. The number of esters is 1. The van der Waals surface area contributed by atoms with Gasteiger partial charge in [0.15, 0.2) is 12.5 Å². The first-order chi connectivity index (χ1) is 13.1. The smallest absolute Gasteiger partial charge is 0.358 e. The molecule has 3 aromatic rings. The Balaban J connectivity index is 1.48. The number of nitrogens with zero attached hydrogens (tertiary/aromatic N) is 1. The molecule has 0 unspecified atom stereocenters. The molecule has 0 aliphatic carbocycles. The van der Waals surface area contributed by atoms with Gasteiger partial charge >= 0.3 is 5.97 Å². The Bertz CT molecular complexity index is 990. The lowest BCUT2D eigenvalue weighted by atomic mass is 10.1. The Morgan fingerprint density at radius 1 is 1.30 bits per heavy atom. The van der Waals surface area contributed by atoms with Crippen LogP contribution >= 0.6 is 22.9 Å². The number of hydrogen-bond acceptors (Lipinski definition) is 6. The van der Waals surface area contributed by atoms with Crippen molar-refractivity contribution < 1.29 is 23.4 Å². The van der Waals surface area contributed by atoms with E-state index in [-0.39, 0.29) is 24.9 Å². The van der Waals surface area contributed by atoms with Crippen molar-refractivity contribution in [3.63, 3.8) is 0 Å². The molecular weight excluding hydrogens is 393 g/mol. The van der Waals surface area contributed by atoms with Crippen molar-refractivity contribution in [1.82, 2.24) is 4.98 Å². The van der Waals surface area contributed by atoms with Gasteiger partial charge in [0.1, 0.15) is 23.2 Å². The fraction of sp³-hybridized carbons (Fsp3) is 0.158. The van der Waals surface area contributed by atoms with Crippen LogP contribution < -0.4 is 4.74 Å². The third-order valence-corrected chi connectivity index (χ3v) is 5.02. The molecule has 1 aliphatic rings. The molecule has 8 heteroatoms. The third kappa shape index (κ3) is 3.95. The summed E-state index contributed by atoms with van der Waals surface area (Å²) in [6.45, 7) is 0.539. The van der Waals surface area contributed by atoms with Crippen LogP contribution in [0.25, 0.3) is 10.6 Å². The quantitative estimate of drug-likeness (QED) is 0.582. The van der Waals surface area contributed by atoms with Crippen molar-refractivity contribution in [2.45, 2.75) is 13.2 Å². The second kappa shape index (κ2) is 7.64. The summed E-state index contributed by atoms with van der Waals surface area (Å²) in [7, 11) is 0. The van der Waals surface area contributed by atoms with Crippen LogP contribution in [-0.2, 0) is 22.7 Å². The molecule has 2 heterocycles. The van der Waals surface area contributed by atoms with E-state index in [0.717, 1.165) is 11.1 Å². The first kappa shape index (κ1) is 17.9. The monoisotopic (exact) mass is 405 g/mol. The highest BCUT2D eigenvalue weighted by Crippen LogP contribution is 2.32. The van der Waals surface area contributed by atoms with Gasteiger partial charge in [-0.05, 0) is 36.4 Å². The van der Waals surface area contributed by atoms with Crippen molar-refractivity contribution >= 4 is 28.9 Å². The van der Waals surface area contributed by atoms with E-state index in [1.165, 1.54) is 23.5 Å². The molecule has 0 N–H and O–H groups in total. The number of hydrogen-bond donors (Lipinski definition) is 0. The van der Waals surface area contributed by atoms with E-state index >= 15 is 0 Å². The Morgan fingerprint density at radius 2 is 2.11 bits per heavy atom. The maximum atomic E-state index is 13.0. The zero-order valence-corrected chi connectivity index (χ0v) is 15.5. The van der Waals surface area contributed by atoms with E-state index < -0.39 is 5.97 Å². The topological polar surface area (TPSA) is 57.7 Å². The summed E-state index contributed by atoms with van der Waals surface area (Å²) in [6, 6.07) is 9.38. The van der Waals surface area contributed by atoms with E-state index in [2.05, 4.69) is 4.98 Å². The van der Waals surface area contributed by atoms with Crippen molar-refractivity contribution in [2.75, 3.05) is 6.79 Å². The molecule has 138 valence electrons. The molecule has 1 aliphatic heterocycles. The molecule has 0 amide bonds. The van der Waals surface area contributed by atoms with Crippen LogP contribution in [0.1, 0.15) is 21.6 Å². The number of fused-ring (bicyclic) bond motifs is 1. The molecule has 0 fully saturated rings. The van der Waals surface area contributed by atoms with Crippen LogP contribution in [0, 0.1) is 5.82 Å². The molecule has 2 aromatic carbocycles. The number of aromatic nitrogens is 1. The van der Waals surface area contributed by atoms with Gasteiger partial charge in [-0.15, -0.1) is 11.3 Å². The molecule has 0 saturated heterocycles. The average molecular weight is 406 g/mol. The molecule has 0 bridgehead atoms. The molecule has 0 saturated carbocycles. The normalized spacial score (nSPS) is 13.0. The van der Waals surface area contributed by atoms with Gasteiger partial charge in [0.2, 0.25) is 0 Å². The van der Waals surface area contributed by atoms with Crippen molar-refractivity contribution in [1.29, 1.82) is 0 Å². The highest BCUT2D eigenvalue weighted by atomic mass is 35.5. The summed E-state index contributed by atoms with van der Waals surface area (Å²) in [6.07, 6.45) is 0. The average Bonchev–Trinajstić information content (AvgIpc) is 3.16. The highest BCUT2D eigenvalue weighted by Gasteiger charge is 2.19. The molecule has 4 rings (SSSR count). The van der Waals surface area contributed by atoms with Gasteiger partial charge in [0.05, 0.1) is 6.61 Å².